The van der Waals surface area contributed by atoms with Gasteiger partial charge in [-0.2, -0.15) is 5.10 Å². The Hall–Kier alpha value is -2.63. The predicted molar refractivity (Wildman–Crippen MR) is 96.6 cm³/mol. The maximum atomic E-state index is 12.7. The van der Waals surface area contributed by atoms with Gasteiger partial charge in [0.2, 0.25) is 0 Å². The van der Waals surface area contributed by atoms with Crippen molar-refractivity contribution >= 4 is 16.9 Å². The van der Waals surface area contributed by atoms with Crippen LogP contribution in [0.3, 0.4) is 0 Å². The average Bonchev–Trinajstić information content (AvgIpc) is 3.28. The highest BCUT2D eigenvalue weighted by molar-refractivity contribution is 5.93. The van der Waals surface area contributed by atoms with E-state index in [1.165, 1.54) is 5.69 Å². The number of nitrogens with zero attached hydrogens (tertiary/aromatic N) is 4. The van der Waals surface area contributed by atoms with E-state index >= 15 is 0 Å². The molecule has 0 radical (unpaired) electrons. The van der Waals surface area contributed by atoms with Gasteiger partial charge in [0.15, 0.2) is 0 Å². The summed E-state index contributed by atoms with van der Waals surface area (Å²) < 4.78 is 1.83. The van der Waals surface area contributed by atoms with Crippen LogP contribution in [-0.4, -0.2) is 43.6 Å². The molecular formula is C19H23N5O. The molecule has 1 amide bonds. The minimum Gasteiger partial charge on any atom is -0.357 e. The number of hydrogen-bond donors (Lipinski definition) is 1. The number of nitrogens with one attached hydrogen (secondary N) is 1. The fourth-order valence-corrected chi connectivity index (χ4v) is 3.50. The maximum absolute atomic E-state index is 12.7. The first-order valence-corrected chi connectivity index (χ1v) is 8.89. The van der Waals surface area contributed by atoms with Crippen LogP contribution < -0.4 is 0 Å². The number of fused-ring (bicyclic) bond motifs is 1. The number of aromatic amines is 1. The Morgan fingerprint density at radius 2 is 2.12 bits per heavy atom. The number of H-pyrrole nitrogens is 1. The van der Waals surface area contributed by atoms with Gasteiger partial charge < -0.3 is 9.88 Å². The van der Waals surface area contributed by atoms with Crippen molar-refractivity contribution in [3.8, 4) is 0 Å². The average molecular weight is 337 g/mol. The smallest absolute Gasteiger partial charge is 0.257 e. The quantitative estimate of drug-likeness (QED) is 0.797. The van der Waals surface area contributed by atoms with Crippen LogP contribution in [0.2, 0.25) is 0 Å². The van der Waals surface area contributed by atoms with Crippen molar-refractivity contribution in [3.05, 3.63) is 48.0 Å². The van der Waals surface area contributed by atoms with Crippen LogP contribution in [-0.2, 0) is 0 Å². The molecule has 6 nitrogen and oxygen atoms in total. The molecule has 0 bridgehead atoms. The molecule has 3 aromatic heterocycles. The van der Waals surface area contributed by atoms with Crippen molar-refractivity contribution in [3.63, 3.8) is 0 Å². The number of rotatable bonds is 3. The molecule has 1 aliphatic rings. The highest BCUT2D eigenvalue weighted by Crippen LogP contribution is 2.29. The van der Waals surface area contributed by atoms with Gasteiger partial charge in [-0.3, -0.25) is 14.5 Å². The van der Waals surface area contributed by atoms with Crippen molar-refractivity contribution in [1.82, 2.24) is 24.6 Å². The van der Waals surface area contributed by atoms with Gasteiger partial charge >= 0.3 is 0 Å². The first-order valence-electron chi connectivity index (χ1n) is 8.89. The van der Waals surface area contributed by atoms with Gasteiger partial charge in [0.05, 0.1) is 22.8 Å². The fourth-order valence-electron chi connectivity index (χ4n) is 3.50. The zero-order chi connectivity index (χ0) is 17.4. The van der Waals surface area contributed by atoms with E-state index in [0.717, 1.165) is 37.0 Å². The van der Waals surface area contributed by atoms with Crippen molar-refractivity contribution in [1.29, 1.82) is 0 Å². The molecule has 0 saturated carbocycles. The summed E-state index contributed by atoms with van der Waals surface area (Å²) in [5.74, 6) is 0.542. The number of likely N-dealkylation sites (tertiary alicyclic amines) is 1. The summed E-state index contributed by atoms with van der Waals surface area (Å²) in [6.07, 6.45) is 7.28. The third-order valence-corrected chi connectivity index (χ3v) is 5.01. The van der Waals surface area contributed by atoms with E-state index in [4.69, 9.17) is 0 Å². The SMILES string of the molecule is CC(C)n1cc(C(=O)N2CCC(c3cc4ncccc4[nH]3)CC2)cn1. The number of aromatic nitrogens is 4. The van der Waals surface area contributed by atoms with Crippen molar-refractivity contribution < 1.29 is 4.79 Å². The van der Waals surface area contributed by atoms with E-state index < -0.39 is 0 Å². The minimum atomic E-state index is 0.0867. The molecule has 1 N–H and O–H groups in total. The molecule has 0 spiro atoms. The Kier molecular flexibility index (Phi) is 4.03. The summed E-state index contributed by atoms with van der Waals surface area (Å²) in [6.45, 7) is 5.67. The second-order valence-electron chi connectivity index (χ2n) is 7.03. The van der Waals surface area contributed by atoms with Gasteiger partial charge in [0.25, 0.3) is 5.91 Å². The Morgan fingerprint density at radius 1 is 1.32 bits per heavy atom. The summed E-state index contributed by atoms with van der Waals surface area (Å²) in [5, 5.41) is 4.28. The molecule has 4 rings (SSSR count). The van der Waals surface area contributed by atoms with Crippen molar-refractivity contribution in [2.75, 3.05) is 13.1 Å². The van der Waals surface area contributed by atoms with E-state index in [2.05, 4.69) is 41.0 Å². The standard InChI is InChI=1S/C19H23N5O/c1-13(2)24-12-15(11-21-24)19(25)23-8-5-14(6-9-23)17-10-18-16(22-17)4-3-7-20-18/h3-4,7,10-14,22H,5-6,8-9H2,1-2H3. The lowest BCUT2D eigenvalue weighted by molar-refractivity contribution is 0.0712. The Balaban J connectivity index is 1.42. The Bertz CT molecular complexity index is 853. The van der Waals surface area contributed by atoms with Gasteiger partial charge in [-0.1, -0.05) is 0 Å². The second kappa shape index (κ2) is 6.35. The first kappa shape index (κ1) is 15.9. The van der Waals surface area contributed by atoms with E-state index in [-0.39, 0.29) is 11.9 Å². The van der Waals surface area contributed by atoms with Crippen LogP contribution in [0.25, 0.3) is 11.0 Å². The molecule has 0 aliphatic carbocycles. The molecule has 25 heavy (non-hydrogen) atoms. The number of pyridine rings is 1. The highest BCUT2D eigenvalue weighted by Gasteiger charge is 2.26. The summed E-state index contributed by atoms with van der Waals surface area (Å²) in [4.78, 5) is 22.5. The first-order chi connectivity index (χ1) is 12.1. The minimum absolute atomic E-state index is 0.0867. The monoisotopic (exact) mass is 337 g/mol. The highest BCUT2D eigenvalue weighted by atomic mass is 16.2. The summed E-state index contributed by atoms with van der Waals surface area (Å²) in [5.41, 5.74) is 4.00. The zero-order valence-electron chi connectivity index (χ0n) is 14.6. The molecule has 3 aromatic rings. The molecule has 4 heterocycles. The van der Waals surface area contributed by atoms with Crippen LogP contribution in [0.1, 0.15) is 54.7 Å². The maximum Gasteiger partial charge on any atom is 0.257 e. The number of hydrogen-bond acceptors (Lipinski definition) is 3. The molecule has 1 saturated heterocycles. The van der Waals surface area contributed by atoms with Crippen LogP contribution >= 0.6 is 0 Å². The molecule has 130 valence electrons. The lowest BCUT2D eigenvalue weighted by Gasteiger charge is -2.31. The van der Waals surface area contributed by atoms with E-state index in [0.29, 0.717) is 11.5 Å². The summed E-state index contributed by atoms with van der Waals surface area (Å²) in [6, 6.07) is 6.41. The molecule has 0 atom stereocenters. The lowest BCUT2D eigenvalue weighted by atomic mass is 9.93. The van der Waals surface area contributed by atoms with Crippen LogP contribution in [0.5, 0.6) is 0 Å². The largest absolute Gasteiger partial charge is 0.357 e. The Labute approximate surface area is 146 Å². The van der Waals surface area contributed by atoms with Gasteiger partial charge in [0.1, 0.15) is 0 Å². The molecular weight excluding hydrogens is 314 g/mol. The molecule has 1 fully saturated rings. The van der Waals surface area contributed by atoms with Crippen LogP contribution in [0.4, 0.5) is 0 Å². The second-order valence-corrected chi connectivity index (χ2v) is 7.03. The van der Waals surface area contributed by atoms with Crippen molar-refractivity contribution in [2.45, 2.75) is 38.6 Å². The number of piperidine rings is 1. The van der Waals surface area contributed by atoms with E-state index in [9.17, 15) is 4.79 Å². The number of carbonyl (C=O) groups is 1. The van der Waals surface area contributed by atoms with E-state index in [1.54, 1.807) is 6.20 Å². The number of amides is 1. The van der Waals surface area contributed by atoms with Gasteiger partial charge in [-0.05, 0) is 44.9 Å². The third-order valence-electron chi connectivity index (χ3n) is 5.01. The summed E-state index contributed by atoms with van der Waals surface area (Å²) >= 11 is 0. The van der Waals surface area contributed by atoms with Gasteiger partial charge in [-0.25, -0.2) is 0 Å². The normalized spacial score (nSPS) is 16.0. The lowest BCUT2D eigenvalue weighted by Crippen LogP contribution is -2.37. The predicted octanol–water partition coefficient (Wildman–Crippen LogP) is 3.36. The fraction of sp³-hybridized carbons (Fsp3) is 0.421. The van der Waals surface area contributed by atoms with Crippen molar-refractivity contribution in [2.24, 2.45) is 0 Å². The van der Waals surface area contributed by atoms with E-state index in [1.807, 2.05) is 28.0 Å². The molecule has 1 aliphatic heterocycles. The van der Waals surface area contributed by atoms with Gasteiger partial charge in [0, 0.05) is 43.1 Å². The molecule has 6 heteroatoms. The topological polar surface area (TPSA) is 66.8 Å². The zero-order valence-corrected chi connectivity index (χ0v) is 14.6. The van der Waals surface area contributed by atoms with Crippen LogP contribution in [0, 0.1) is 0 Å². The van der Waals surface area contributed by atoms with Crippen LogP contribution in [0.15, 0.2) is 36.8 Å². The third kappa shape index (κ3) is 3.04. The Morgan fingerprint density at radius 3 is 2.80 bits per heavy atom. The van der Waals surface area contributed by atoms with Gasteiger partial charge in [-0.15, -0.1) is 0 Å². The summed E-state index contributed by atoms with van der Waals surface area (Å²) in [7, 11) is 0. The number of carbonyl (C=O) groups excluding carboxylic acids is 1. The molecule has 0 unspecified atom stereocenters. The molecule has 0 aromatic carbocycles.